The molecule has 0 amide bonds. The normalized spacial score (nSPS) is 7.20. The van der Waals surface area contributed by atoms with Crippen LogP contribution in [0.3, 0.4) is 0 Å². The number of hydrogen-bond acceptors (Lipinski definition) is 0. The molecular formula is H2CaCl3Sm. The first-order valence-corrected chi connectivity index (χ1v) is 10.3. The van der Waals surface area contributed by atoms with Crippen LogP contribution in [-0.2, 0) is 0 Å². The van der Waals surface area contributed by atoms with Crippen molar-refractivity contribution in [3.8, 4) is 0 Å². The van der Waals surface area contributed by atoms with Crippen molar-refractivity contribution in [3.63, 3.8) is 0 Å². The molecule has 0 saturated carbocycles. The smallest absolute Gasteiger partial charge is 1.00 e. The predicted octanol–water partition coefficient (Wildman–Crippen LogP) is 1.91. The first-order chi connectivity index (χ1) is 1.73. The molecule has 0 bridgehead atoms. The van der Waals surface area contributed by atoms with Crippen LogP contribution in [0, 0.1) is 29.6 Å². The Morgan fingerprint density at radius 2 is 1.20 bits per heavy atom. The van der Waals surface area contributed by atoms with E-state index in [0.717, 1.165) is 0 Å². The van der Waals surface area contributed by atoms with Crippen molar-refractivity contribution in [2.45, 2.75) is 0 Å². The summed E-state index contributed by atoms with van der Waals surface area (Å²) in [5.74, 6) is 15.0. The minimum absolute atomic E-state index is 0. The summed E-state index contributed by atoms with van der Waals surface area (Å²) in [7, 11) is 0. The maximum absolute atomic E-state index is 5.00. The van der Waals surface area contributed by atoms with Crippen LogP contribution in [0.4, 0.5) is 0 Å². The molecule has 0 aliphatic rings. The van der Waals surface area contributed by atoms with Crippen LogP contribution in [0.2, 0.25) is 0 Å². The maximum Gasteiger partial charge on any atom is -1.00 e. The van der Waals surface area contributed by atoms with Gasteiger partial charge in [-0.05, 0) is 0 Å². The fourth-order valence-corrected chi connectivity index (χ4v) is 0. The fourth-order valence-electron chi connectivity index (χ4n) is 0. The van der Waals surface area contributed by atoms with E-state index in [2.05, 4.69) is 0 Å². The summed E-state index contributed by atoms with van der Waals surface area (Å²) in [6.45, 7) is 0. The molecule has 0 fully saturated rings. The van der Waals surface area contributed by atoms with Crippen LogP contribution >= 0.6 is 17.7 Å². The van der Waals surface area contributed by atoms with Crippen LogP contribution < -0.4 is 0 Å². The molecule has 5 heteroatoms. The monoisotopic (exact) mass is 299 g/mol. The zero-order valence-corrected chi connectivity index (χ0v) is 9.34. The van der Waals surface area contributed by atoms with E-state index in [9.17, 15) is 0 Å². The van der Waals surface area contributed by atoms with Gasteiger partial charge in [-0.3, -0.25) is 0 Å². The third kappa shape index (κ3) is 18.6. The molecule has 0 heterocycles. The number of hydrogen-bond donors (Lipinski definition) is 0. The Kier molecular flexibility index (Phi) is 16.9. The van der Waals surface area contributed by atoms with Crippen LogP contribution in [0.5, 0.6) is 0 Å². The Morgan fingerprint density at radius 1 is 1.20 bits per heavy atom. The summed E-state index contributed by atoms with van der Waals surface area (Å²) in [5, 5.41) is 0. The summed E-state index contributed by atoms with van der Waals surface area (Å²) in [6.07, 6.45) is 0. The number of rotatable bonds is 0. The Balaban J connectivity index is -0.0000000150. The second-order valence-corrected chi connectivity index (χ2v) is 11.7. The Hall–Kier alpha value is 3.47. The molecule has 0 aromatic carbocycles. The third-order valence-electron chi connectivity index (χ3n) is 0. The van der Waals surface area contributed by atoms with Gasteiger partial charge in [-0.25, -0.2) is 0 Å². The van der Waals surface area contributed by atoms with Gasteiger partial charge in [0.05, 0.1) is 0 Å². The molecule has 0 radical (unpaired) electrons. The Labute approximate surface area is 85.1 Å². The van der Waals surface area contributed by atoms with E-state index in [1.54, 1.807) is 0 Å². The van der Waals surface area contributed by atoms with Crippen molar-refractivity contribution < 1.29 is 32.4 Å². The van der Waals surface area contributed by atoms with Crippen LogP contribution in [0.15, 0.2) is 0 Å². The minimum atomic E-state index is -2.11. The molecule has 0 spiro atoms. The van der Waals surface area contributed by atoms with Gasteiger partial charge in [0.2, 0.25) is 0 Å². The third-order valence-corrected chi connectivity index (χ3v) is 0. The van der Waals surface area contributed by atoms with Crippen molar-refractivity contribution in [3.05, 3.63) is 0 Å². The first-order valence-electron chi connectivity index (χ1n) is 0.463. The molecule has 0 aromatic heterocycles. The van der Waals surface area contributed by atoms with Gasteiger partial charge in [-0.15, -0.1) is 0 Å². The van der Waals surface area contributed by atoms with Crippen LogP contribution in [0.25, 0.3) is 0 Å². The zero-order valence-electron chi connectivity index (χ0n) is 4.25. The fraction of sp³-hybridized carbons (Fsp3) is 0. The molecule has 0 aromatic rings. The molecule has 0 N–H and O–H groups in total. The average Bonchev–Trinajstić information content (AvgIpc) is 0.811. The summed E-state index contributed by atoms with van der Waals surface area (Å²) in [6, 6.07) is 0. The van der Waals surface area contributed by atoms with Gasteiger partial charge >= 0.3 is 85.0 Å². The molecule has 5 heavy (non-hydrogen) atoms. The maximum atomic E-state index is 5.00. The zero-order chi connectivity index (χ0) is 3.58. The van der Waals surface area contributed by atoms with E-state index in [1.807, 2.05) is 0 Å². The Morgan fingerprint density at radius 3 is 1.20 bits per heavy atom. The number of halogens is 3. The molecule has 0 saturated heterocycles. The summed E-state index contributed by atoms with van der Waals surface area (Å²) >= 11 is -2.11. The van der Waals surface area contributed by atoms with E-state index in [1.165, 1.54) is 0 Å². The molecular weight excluding hydrogens is 297 g/mol. The SMILES string of the molecule is [Ca+2].[Cl][Sm]([Cl])[Cl].[H-].[H-]. The molecule has 0 aliphatic heterocycles. The van der Waals surface area contributed by atoms with Gasteiger partial charge in [0, 0.05) is 0 Å². The standard InChI is InChI=1S/Ca.3ClH.Sm.2H/h;3*1H;;;/q+2;;;;+3;2*-1/p-3. The van der Waals surface area contributed by atoms with Crippen molar-refractivity contribution >= 4 is 55.4 Å². The van der Waals surface area contributed by atoms with E-state index in [-0.39, 0.29) is 40.6 Å². The summed E-state index contributed by atoms with van der Waals surface area (Å²) < 4.78 is 0. The minimum Gasteiger partial charge on any atom is -1.00 e. The van der Waals surface area contributed by atoms with Gasteiger partial charge in [0.1, 0.15) is 0 Å². The quantitative estimate of drug-likeness (QED) is 0.599. The van der Waals surface area contributed by atoms with Crippen LogP contribution in [0.1, 0.15) is 2.85 Å². The molecule has 0 nitrogen and oxygen atoms in total. The van der Waals surface area contributed by atoms with E-state index in [4.69, 9.17) is 17.7 Å². The van der Waals surface area contributed by atoms with E-state index >= 15 is 0 Å². The van der Waals surface area contributed by atoms with Gasteiger partial charge in [0.15, 0.2) is 0 Å². The van der Waals surface area contributed by atoms with Gasteiger partial charge < -0.3 is 2.85 Å². The molecule has 31 valence electrons. The molecule has 0 aliphatic carbocycles. The van der Waals surface area contributed by atoms with Gasteiger partial charge in [0.25, 0.3) is 0 Å². The summed E-state index contributed by atoms with van der Waals surface area (Å²) in [4.78, 5) is 0. The van der Waals surface area contributed by atoms with Gasteiger partial charge in [-0.1, -0.05) is 0 Å². The first kappa shape index (κ1) is 11.3. The second-order valence-electron chi connectivity index (χ2n) is 0.175. The topological polar surface area (TPSA) is 0 Å². The van der Waals surface area contributed by atoms with Gasteiger partial charge in [-0.2, -0.15) is 0 Å². The van der Waals surface area contributed by atoms with Crippen LogP contribution in [-0.4, -0.2) is 37.7 Å². The Bertz CT molecular complexity index is 17.7. The second kappa shape index (κ2) is 7.47. The molecule has 0 unspecified atom stereocenters. The average molecular weight is 299 g/mol. The van der Waals surface area contributed by atoms with Crippen molar-refractivity contribution in [1.29, 1.82) is 0 Å². The van der Waals surface area contributed by atoms with Crippen molar-refractivity contribution in [2.75, 3.05) is 0 Å². The largest absolute Gasteiger partial charge is 1.00 e. The predicted molar refractivity (Wildman–Crippen MR) is 25.5 cm³/mol. The van der Waals surface area contributed by atoms with Crippen molar-refractivity contribution in [2.24, 2.45) is 0 Å². The van der Waals surface area contributed by atoms with Crippen molar-refractivity contribution in [1.82, 2.24) is 0 Å². The molecule has 0 atom stereocenters. The van der Waals surface area contributed by atoms with E-state index < -0.39 is 29.6 Å². The summed E-state index contributed by atoms with van der Waals surface area (Å²) in [5.41, 5.74) is 0. The van der Waals surface area contributed by atoms with E-state index in [0.29, 0.717) is 0 Å². The molecule has 0 rings (SSSR count).